The van der Waals surface area contributed by atoms with Crippen LogP contribution in [0.2, 0.25) is 0 Å². The Morgan fingerprint density at radius 2 is 1.92 bits per heavy atom. The van der Waals surface area contributed by atoms with Crippen LogP contribution in [0.5, 0.6) is 0 Å². The van der Waals surface area contributed by atoms with E-state index < -0.39 is 14.9 Å². The molecule has 1 N–H and O–H groups in total. The van der Waals surface area contributed by atoms with Crippen molar-refractivity contribution in [1.29, 1.82) is 0 Å². The zero-order valence-corrected chi connectivity index (χ0v) is 15.7. The van der Waals surface area contributed by atoms with Crippen LogP contribution in [-0.2, 0) is 14.8 Å². The smallest absolute Gasteiger partial charge is 0.293 e. The number of nitro benzene ring substituents is 1. The van der Waals surface area contributed by atoms with Crippen LogP contribution in [-0.4, -0.2) is 50.0 Å². The fourth-order valence-corrected chi connectivity index (χ4v) is 5.04. The molecule has 1 saturated carbocycles. The van der Waals surface area contributed by atoms with E-state index in [1.165, 1.54) is 28.9 Å². The summed E-state index contributed by atoms with van der Waals surface area (Å²) in [6.45, 7) is 3.33. The average Bonchev–Trinajstić information content (AvgIpc) is 2.64. The van der Waals surface area contributed by atoms with Gasteiger partial charge in [-0.3, -0.25) is 10.1 Å². The molecule has 0 unspecified atom stereocenters. The Bertz CT molecular complexity index is 762. The molecule has 9 heteroatoms. The molecule has 0 amide bonds. The van der Waals surface area contributed by atoms with E-state index in [0.717, 1.165) is 19.3 Å². The first-order chi connectivity index (χ1) is 12.4. The molecule has 1 aromatic carbocycles. The first-order valence-electron chi connectivity index (χ1n) is 9.02. The van der Waals surface area contributed by atoms with Crippen molar-refractivity contribution in [2.45, 2.75) is 43.5 Å². The number of hydrogen-bond acceptors (Lipinski definition) is 6. The zero-order chi connectivity index (χ0) is 18.7. The number of rotatable bonds is 5. The van der Waals surface area contributed by atoms with Gasteiger partial charge in [0.2, 0.25) is 10.0 Å². The molecule has 0 spiro atoms. The van der Waals surface area contributed by atoms with E-state index in [-0.39, 0.29) is 29.7 Å². The zero-order valence-electron chi connectivity index (χ0n) is 14.9. The summed E-state index contributed by atoms with van der Waals surface area (Å²) in [6, 6.07) is 4.31. The monoisotopic (exact) mass is 383 g/mol. The van der Waals surface area contributed by atoms with Gasteiger partial charge in [0, 0.05) is 25.2 Å². The van der Waals surface area contributed by atoms with Crippen LogP contribution in [0.1, 0.15) is 32.6 Å². The number of nitro groups is 1. The molecule has 1 aromatic rings. The lowest BCUT2D eigenvalue weighted by Crippen LogP contribution is -2.40. The van der Waals surface area contributed by atoms with E-state index >= 15 is 0 Å². The van der Waals surface area contributed by atoms with Crippen LogP contribution >= 0.6 is 0 Å². The number of anilines is 1. The summed E-state index contributed by atoms with van der Waals surface area (Å²) in [4.78, 5) is 11.0. The minimum atomic E-state index is -3.76. The molecule has 1 aliphatic heterocycles. The van der Waals surface area contributed by atoms with E-state index in [1.54, 1.807) is 0 Å². The lowest BCUT2D eigenvalue weighted by atomic mass is 9.86. The third-order valence-corrected chi connectivity index (χ3v) is 7.12. The highest BCUT2D eigenvalue weighted by atomic mass is 32.2. The third kappa shape index (κ3) is 3.99. The predicted molar refractivity (Wildman–Crippen MR) is 97.7 cm³/mol. The van der Waals surface area contributed by atoms with Crippen molar-refractivity contribution in [2.24, 2.45) is 5.92 Å². The Labute approximate surface area is 153 Å². The molecule has 0 radical (unpaired) electrons. The van der Waals surface area contributed by atoms with E-state index in [1.807, 2.05) is 0 Å². The minimum absolute atomic E-state index is 0.0478. The molecule has 1 heterocycles. The SMILES string of the molecule is C[C@@H]1CCCC[C@@H]1Nc1ccc(S(=O)(=O)N2CCOCC2)cc1[N+](=O)[O-]. The second-order valence-corrected chi connectivity index (χ2v) is 8.90. The van der Waals surface area contributed by atoms with Gasteiger partial charge in [0.25, 0.3) is 5.69 Å². The summed E-state index contributed by atoms with van der Waals surface area (Å²) >= 11 is 0. The summed E-state index contributed by atoms with van der Waals surface area (Å²) in [5.41, 5.74) is 0.187. The summed E-state index contributed by atoms with van der Waals surface area (Å²) in [5.74, 6) is 0.431. The second-order valence-electron chi connectivity index (χ2n) is 6.97. The van der Waals surface area contributed by atoms with Gasteiger partial charge in [0.15, 0.2) is 0 Å². The maximum Gasteiger partial charge on any atom is 0.293 e. The van der Waals surface area contributed by atoms with Crippen LogP contribution < -0.4 is 5.32 Å². The van der Waals surface area contributed by atoms with E-state index in [2.05, 4.69) is 12.2 Å². The van der Waals surface area contributed by atoms with Crippen molar-refractivity contribution in [3.63, 3.8) is 0 Å². The van der Waals surface area contributed by atoms with Crippen LogP contribution in [0, 0.1) is 16.0 Å². The molecule has 0 bridgehead atoms. The Kier molecular flexibility index (Phi) is 5.79. The number of nitrogens with one attached hydrogen (secondary N) is 1. The largest absolute Gasteiger partial charge is 0.379 e. The Morgan fingerprint density at radius 3 is 2.58 bits per heavy atom. The molecule has 1 aliphatic carbocycles. The first-order valence-corrected chi connectivity index (χ1v) is 10.5. The quantitative estimate of drug-likeness (QED) is 0.619. The van der Waals surface area contributed by atoms with Crippen molar-refractivity contribution < 1.29 is 18.1 Å². The van der Waals surface area contributed by atoms with Crippen molar-refractivity contribution in [1.82, 2.24) is 4.31 Å². The lowest BCUT2D eigenvalue weighted by molar-refractivity contribution is -0.384. The summed E-state index contributed by atoms with van der Waals surface area (Å²) in [5, 5.41) is 14.8. The van der Waals surface area contributed by atoms with Gasteiger partial charge in [-0.25, -0.2) is 8.42 Å². The van der Waals surface area contributed by atoms with Gasteiger partial charge < -0.3 is 10.1 Å². The lowest BCUT2D eigenvalue weighted by Gasteiger charge is -2.30. The molecule has 26 heavy (non-hydrogen) atoms. The molecule has 2 aliphatic rings. The van der Waals surface area contributed by atoms with Gasteiger partial charge in [-0.15, -0.1) is 0 Å². The molecule has 2 fully saturated rings. The van der Waals surface area contributed by atoms with E-state index in [0.29, 0.717) is 24.8 Å². The Balaban J connectivity index is 1.88. The average molecular weight is 383 g/mol. The maximum absolute atomic E-state index is 12.7. The Hall–Kier alpha value is -1.71. The highest BCUT2D eigenvalue weighted by Gasteiger charge is 2.30. The number of benzene rings is 1. The predicted octanol–water partition coefficient (Wildman–Crippen LogP) is 2.61. The Morgan fingerprint density at radius 1 is 1.23 bits per heavy atom. The van der Waals surface area contributed by atoms with E-state index in [4.69, 9.17) is 4.74 Å². The van der Waals surface area contributed by atoms with Crippen molar-refractivity contribution in [3.05, 3.63) is 28.3 Å². The number of morpholine rings is 1. The highest BCUT2D eigenvalue weighted by Crippen LogP contribution is 2.33. The van der Waals surface area contributed by atoms with Crippen LogP contribution in [0.4, 0.5) is 11.4 Å². The molecule has 8 nitrogen and oxygen atoms in total. The molecule has 144 valence electrons. The number of sulfonamides is 1. The van der Waals surface area contributed by atoms with Gasteiger partial charge >= 0.3 is 0 Å². The highest BCUT2D eigenvalue weighted by molar-refractivity contribution is 7.89. The summed E-state index contributed by atoms with van der Waals surface area (Å²) in [7, 11) is -3.76. The number of hydrogen-bond donors (Lipinski definition) is 1. The summed E-state index contributed by atoms with van der Waals surface area (Å²) < 4.78 is 32.0. The van der Waals surface area contributed by atoms with Gasteiger partial charge in [-0.2, -0.15) is 4.31 Å². The molecule has 3 rings (SSSR count). The normalized spacial score (nSPS) is 25.0. The molecule has 0 aromatic heterocycles. The van der Waals surface area contributed by atoms with Gasteiger partial charge in [-0.1, -0.05) is 19.8 Å². The number of ether oxygens (including phenoxy) is 1. The van der Waals surface area contributed by atoms with E-state index in [9.17, 15) is 18.5 Å². The van der Waals surface area contributed by atoms with Gasteiger partial charge in [-0.05, 0) is 30.9 Å². The summed E-state index contributed by atoms with van der Waals surface area (Å²) in [6.07, 6.45) is 4.33. The van der Waals surface area contributed by atoms with Crippen molar-refractivity contribution in [3.8, 4) is 0 Å². The first kappa shape index (κ1) is 19.1. The van der Waals surface area contributed by atoms with Gasteiger partial charge in [0.1, 0.15) is 5.69 Å². The fraction of sp³-hybridized carbons (Fsp3) is 0.647. The fourth-order valence-electron chi connectivity index (χ4n) is 3.61. The van der Waals surface area contributed by atoms with Crippen molar-refractivity contribution in [2.75, 3.05) is 31.6 Å². The molecular weight excluding hydrogens is 358 g/mol. The van der Waals surface area contributed by atoms with Crippen LogP contribution in [0.3, 0.4) is 0 Å². The van der Waals surface area contributed by atoms with Crippen molar-refractivity contribution >= 4 is 21.4 Å². The molecule has 2 atom stereocenters. The van der Waals surface area contributed by atoms with Crippen LogP contribution in [0.15, 0.2) is 23.1 Å². The maximum atomic E-state index is 12.7. The minimum Gasteiger partial charge on any atom is -0.379 e. The standard InChI is InChI=1S/C17H25N3O5S/c1-13-4-2-3-5-15(13)18-16-7-6-14(12-17(16)20(21)22)26(23,24)19-8-10-25-11-9-19/h6-7,12-13,15,18H,2-5,8-11H2,1H3/t13-,15+/m1/s1. The topological polar surface area (TPSA) is 102 Å². The molecule has 1 saturated heterocycles. The third-order valence-electron chi connectivity index (χ3n) is 5.23. The van der Waals surface area contributed by atoms with Crippen LogP contribution in [0.25, 0.3) is 0 Å². The number of nitrogens with zero attached hydrogens (tertiary/aromatic N) is 2. The second kappa shape index (κ2) is 7.89. The molecular formula is C17H25N3O5S. The van der Waals surface area contributed by atoms with Gasteiger partial charge in [0.05, 0.1) is 23.0 Å².